The summed E-state index contributed by atoms with van der Waals surface area (Å²) in [5, 5.41) is 6.10. The molecule has 5 nitrogen and oxygen atoms in total. The SMILES string of the molecule is CCNCC(C)C(=O)NCCCCOCCOC. The number of methoxy groups -OCH3 is 1. The Bertz CT molecular complexity index is 201. The highest BCUT2D eigenvalue weighted by Gasteiger charge is 2.10. The highest BCUT2D eigenvalue weighted by molar-refractivity contribution is 5.78. The lowest BCUT2D eigenvalue weighted by molar-refractivity contribution is -0.124. The van der Waals surface area contributed by atoms with Crippen LogP contribution in [0.1, 0.15) is 26.7 Å². The third-order valence-corrected chi connectivity index (χ3v) is 2.59. The van der Waals surface area contributed by atoms with Crippen molar-refractivity contribution in [3.8, 4) is 0 Å². The Morgan fingerprint density at radius 2 is 2.00 bits per heavy atom. The van der Waals surface area contributed by atoms with Crippen molar-refractivity contribution in [2.75, 3.05) is 46.6 Å². The van der Waals surface area contributed by atoms with Gasteiger partial charge in [-0.3, -0.25) is 4.79 Å². The number of unbranched alkanes of at least 4 members (excludes halogenated alkanes) is 1. The zero-order chi connectivity index (χ0) is 13.6. The number of hydrogen-bond acceptors (Lipinski definition) is 4. The molecule has 0 fully saturated rings. The van der Waals surface area contributed by atoms with E-state index in [1.165, 1.54) is 0 Å². The molecule has 0 rings (SSSR count). The fraction of sp³-hybridized carbons (Fsp3) is 0.923. The first kappa shape index (κ1) is 17.4. The van der Waals surface area contributed by atoms with Crippen LogP contribution in [0.25, 0.3) is 0 Å². The number of carbonyl (C=O) groups excluding carboxylic acids is 1. The highest BCUT2D eigenvalue weighted by Crippen LogP contribution is 1.94. The van der Waals surface area contributed by atoms with Crippen molar-refractivity contribution >= 4 is 5.91 Å². The zero-order valence-corrected chi connectivity index (χ0v) is 12.0. The number of amides is 1. The molecule has 0 saturated carbocycles. The van der Waals surface area contributed by atoms with Gasteiger partial charge in [0.15, 0.2) is 0 Å². The molecule has 0 aliphatic heterocycles. The smallest absolute Gasteiger partial charge is 0.224 e. The minimum Gasteiger partial charge on any atom is -0.382 e. The van der Waals surface area contributed by atoms with Crippen LogP contribution in [0.15, 0.2) is 0 Å². The molecule has 0 bridgehead atoms. The minimum atomic E-state index is 0.0305. The molecule has 1 unspecified atom stereocenters. The van der Waals surface area contributed by atoms with Crippen LogP contribution in [0.3, 0.4) is 0 Å². The molecule has 0 aromatic heterocycles. The number of hydrogen-bond donors (Lipinski definition) is 2. The standard InChI is InChI=1S/C13H28N2O3/c1-4-14-11-12(2)13(16)15-7-5-6-8-18-10-9-17-3/h12,14H,4-11H2,1-3H3,(H,15,16). The molecule has 0 saturated heterocycles. The summed E-state index contributed by atoms with van der Waals surface area (Å²) in [4.78, 5) is 11.6. The van der Waals surface area contributed by atoms with Crippen molar-refractivity contribution in [2.45, 2.75) is 26.7 Å². The van der Waals surface area contributed by atoms with Crippen molar-refractivity contribution in [2.24, 2.45) is 5.92 Å². The lowest BCUT2D eigenvalue weighted by Gasteiger charge is -2.12. The van der Waals surface area contributed by atoms with E-state index in [4.69, 9.17) is 9.47 Å². The lowest BCUT2D eigenvalue weighted by atomic mass is 10.1. The van der Waals surface area contributed by atoms with Gasteiger partial charge in [0.05, 0.1) is 13.2 Å². The monoisotopic (exact) mass is 260 g/mol. The van der Waals surface area contributed by atoms with Crippen molar-refractivity contribution in [3.63, 3.8) is 0 Å². The lowest BCUT2D eigenvalue weighted by Crippen LogP contribution is -2.35. The summed E-state index contributed by atoms with van der Waals surface area (Å²) in [6.45, 7) is 8.34. The number of nitrogens with one attached hydrogen (secondary N) is 2. The Morgan fingerprint density at radius 3 is 2.67 bits per heavy atom. The second-order valence-electron chi connectivity index (χ2n) is 4.31. The van der Waals surface area contributed by atoms with E-state index >= 15 is 0 Å². The second kappa shape index (κ2) is 12.8. The van der Waals surface area contributed by atoms with Crippen LogP contribution in [0.4, 0.5) is 0 Å². The molecule has 18 heavy (non-hydrogen) atoms. The van der Waals surface area contributed by atoms with Gasteiger partial charge in [-0.2, -0.15) is 0 Å². The van der Waals surface area contributed by atoms with Crippen LogP contribution in [-0.4, -0.2) is 52.5 Å². The fourth-order valence-corrected chi connectivity index (χ4v) is 1.41. The molecule has 0 aliphatic carbocycles. The first-order valence-electron chi connectivity index (χ1n) is 6.77. The van der Waals surface area contributed by atoms with Crippen LogP contribution in [0.2, 0.25) is 0 Å². The van der Waals surface area contributed by atoms with Gasteiger partial charge in [0.2, 0.25) is 5.91 Å². The van der Waals surface area contributed by atoms with E-state index in [-0.39, 0.29) is 11.8 Å². The molecule has 0 aromatic carbocycles. The van der Waals surface area contributed by atoms with Gasteiger partial charge in [-0.05, 0) is 19.4 Å². The highest BCUT2D eigenvalue weighted by atomic mass is 16.5. The molecular formula is C13H28N2O3. The normalized spacial score (nSPS) is 12.4. The third kappa shape index (κ3) is 10.5. The fourth-order valence-electron chi connectivity index (χ4n) is 1.41. The Kier molecular flexibility index (Phi) is 12.3. The largest absolute Gasteiger partial charge is 0.382 e. The molecule has 0 spiro atoms. The summed E-state index contributed by atoms with van der Waals surface area (Å²) in [5.41, 5.74) is 0. The first-order valence-corrected chi connectivity index (χ1v) is 6.77. The summed E-state index contributed by atoms with van der Waals surface area (Å²) in [5.74, 6) is 0.152. The Balaban J connectivity index is 3.29. The van der Waals surface area contributed by atoms with Gasteiger partial charge < -0.3 is 20.1 Å². The van der Waals surface area contributed by atoms with Crippen LogP contribution in [0.5, 0.6) is 0 Å². The molecule has 0 radical (unpaired) electrons. The van der Waals surface area contributed by atoms with E-state index in [0.29, 0.717) is 13.2 Å². The van der Waals surface area contributed by atoms with Crippen molar-refractivity contribution in [1.82, 2.24) is 10.6 Å². The van der Waals surface area contributed by atoms with E-state index < -0.39 is 0 Å². The van der Waals surface area contributed by atoms with Gasteiger partial charge in [-0.1, -0.05) is 13.8 Å². The van der Waals surface area contributed by atoms with Crippen LogP contribution >= 0.6 is 0 Å². The molecule has 1 atom stereocenters. The number of carbonyl (C=O) groups is 1. The third-order valence-electron chi connectivity index (χ3n) is 2.59. The second-order valence-corrected chi connectivity index (χ2v) is 4.31. The van der Waals surface area contributed by atoms with E-state index in [1.807, 2.05) is 13.8 Å². The molecule has 0 aromatic rings. The van der Waals surface area contributed by atoms with Crippen molar-refractivity contribution in [3.05, 3.63) is 0 Å². The summed E-state index contributed by atoms with van der Waals surface area (Å²) < 4.78 is 10.2. The maximum atomic E-state index is 11.6. The van der Waals surface area contributed by atoms with Crippen molar-refractivity contribution < 1.29 is 14.3 Å². The average molecular weight is 260 g/mol. The summed E-state index contributed by atoms with van der Waals surface area (Å²) >= 11 is 0. The molecule has 0 heterocycles. The topological polar surface area (TPSA) is 59.6 Å². The molecule has 2 N–H and O–H groups in total. The van der Waals surface area contributed by atoms with Gasteiger partial charge in [0.25, 0.3) is 0 Å². The van der Waals surface area contributed by atoms with Crippen molar-refractivity contribution in [1.29, 1.82) is 0 Å². The molecule has 5 heteroatoms. The summed E-state index contributed by atoms with van der Waals surface area (Å²) in [7, 11) is 1.66. The molecular weight excluding hydrogens is 232 g/mol. The van der Waals surface area contributed by atoms with Gasteiger partial charge in [-0.15, -0.1) is 0 Å². The van der Waals surface area contributed by atoms with Crippen LogP contribution in [0, 0.1) is 5.92 Å². The van der Waals surface area contributed by atoms with Gasteiger partial charge >= 0.3 is 0 Å². The summed E-state index contributed by atoms with van der Waals surface area (Å²) in [6.07, 6.45) is 1.91. The average Bonchev–Trinajstić information content (AvgIpc) is 2.38. The van der Waals surface area contributed by atoms with E-state index in [9.17, 15) is 4.79 Å². The number of ether oxygens (including phenoxy) is 2. The Hall–Kier alpha value is -0.650. The van der Waals surface area contributed by atoms with Crippen LogP contribution < -0.4 is 10.6 Å². The quantitative estimate of drug-likeness (QED) is 0.509. The predicted octanol–water partition coefficient (Wildman–Crippen LogP) is 0.791. The zero-order valence-electron chi connectivity index (χ0n) is 12.0. The van der Waals surface area contributed by atoms with E-state index in [0.717, 1.165) is 39.1 Å². The van der Waals surface area contributed by atoms with Gasteiger partial charge in [0, 0.05) is 32.7 Å². The first-order chi connectivity index (χ1) is 8.72. The predicted molar refractivity (Wildman–Crippen MR) is 72.6 cm³/mol. The number of rotatable bonds is 12. The van der Waals surface area contributed by atoms with E-state index in [2.05, 4.69) is 10.6 Å². The summed E-state index contributed by atoms with van der Waals surface area (Å²) in [6, 6.07) is 0. The molecule has 108 valence electrons. The molecule has 0 aliphatic rings. The van der Waals surface area contributed by atoms with Gasteiger partial charge in [-0.25, -0.2) is 0 Å². The maximum Gasteiger partial charge on any atom is 0.224 e. The van der Waals surface area contributed by atoms with Crippen LogP contribution in [-0.2, 0) is 14.3 Å². The molecule has 1 amide bonds. The maximum absolute atomic E-state index is 11.6. The van der Waals surface area contributed by atoms with E-state index in [1.54, 1.807) is 7.11 Å². The minimum absolute atomic E-state index is 0.0305. The van der Waals surface area contributed by atoms with Gasteiger partial charge in [0.1, 0.15) is 0 Å². The Morgan fingerprint density at radius 1 is 1.22 bits per heavy atom. The Labute approximate surface area is 111 Å².